The maximum atomic E-state index is 14.0. The number of carbonyl (C=O) groups excluding carboxylic acids is 1. The Balaban J connectivity index is 1.46. The molecule has 1 amide bonds. The zero-order chi connectivity index (χ0) is 26.3. The van der Waals surface area contributed by atoms with Crippen molar-refractivity contribution in [3.8, 4) is 16.9 Å². The lowest BCUT2D eigenvalue weighted by Crippen LogP contribution is -2.36. The number of pyridine rings is 1. The molecule has 2 aromatic carbocycles. The van der Waals surface area contributed by atoms with Gasteiger partial charge in [0.25, 0.3) is 0 Å². The second kappa shape index (κ2) is 10.1. The molecule has 3 heterocycles. The zero-order valence-electron chi connectivity index (χ0n) is 20.3. The van der Waals surface area contributed by atoms with Gasteiger partial charge in [0, 0.05) is 57.5 Å². The fourth-order valence-corrected chi connectivity index (χ4v) is 5.31. The number of fused-ring (bicyclic) bond motifs is 3. The molecule has 1 aliphatic rings. The fourth-order valence-electron chi connectivity index (χ4n) is 4.64. The molecule has 2 aromatic heterocycles. The van der Waals surface area contributed by atoms with Crippen LogP contribution >= 0.6 is 23.2 Å². The Bertz CT molecular complexity index is 1510. The lowest BCUT2D eigenvalue weighted by atomic mass is 10.0. The summed E-state index contributed by atoms with van der Waals surface area (Å²) >= 11 is 12.4. The lowest BCUT2D eigenvalue weighted by Gasteiger charge is -2.26. The molecule has 37 heavy (non-hydrogen) atoms. The van der Waals surface area contributed by atoms with Crippen LogP contribution in [-0.2, 0) is 17.7 Å². The molecule has 4 aromatic rings. The van der Waals surface area contributed by atoms with Crippen LogP contribution in [0, 0.1) is 5.82 Å². The Morgan fingerprint density at radius 2 is 2.05 bits per heavy atom. The van der Waals surface area contributed by atoms with Gasteiger partial charge >= 0.3 is 6.09 Å². The summed E-state index contributed by atoms with van der Waals surface area (Å²) in [6.45, 7) is 4.92. The first-order valence-electron chi connectivity index (χ1n) is 11.9. The zero-order valence-corrected chi connectivity index (χ0v) is 21.8. The lowest BCUT2D eigenvalue weighted by molar-refractivity contribution is 0.103. The van der Waals surface area contributed by atoms with Crippen LogP contribution in [0.25, 0.3) is 22.0 Å². The van der Waals surface area contributed by atoms with Crippen molar-refractivity contribution in [1.29, 1.82) is 0 Å². The van der Waals surface area contributed by atoms with Crippen molar-refractivity contribution in [2.24, 2.45) is 0 Å². The van der Waals surface area contributed by atoms with Gasteiger partial charge in [0.05, 0.1) is 18.2 Å². The Hall–Kier alpha value is -3.49. The summed E-state index contributed by atoms with van der Waals surface area (Å²) in [6.07, 6.45) is 1.40. The highest BCUT2D eigenvalue weighted by Gasteiger charge is 2.25. The van der Waals surface area contributed by atoms with Crippen LogP contribution in [0.5, 0.6) is 5.75 Å². The highest BCUT2D eigenvalue weighted by atomic mass is 35.5. The summed E-state index contributed by atoms with van der Waals surface area (Å²) in [5.74, 6) is -0.0727. The number of H-pyrrole nitrogens is 1. The van der Waals surface area contributed by atoms with Crippen LogP contribution in [0.1, 0.15) is 36.8 Å². The van der Waals surface area contributed by atoms with E-state index in [-0.39, 0.29) is 16.9 Å². The average molecular weight is 543 g/mol. The first kappa shape index (κ1) is 25.2. The van der Waals surface area contributed by atoms with E-state index in [4.69, 9.17) is 38.4 Å². The van der Waals surface area contributed by atoms with Gasteiger partial charge in [-0.1, -0.05) is 29.3 Å². The highest BCUT2D eigenvalue weighted by Crippen LogP contribution is 2.38. The number of ether oxygens (including phenoxy) is 2. The van der Waals surface area contributed by atoms with Crippen LogP contribution < -0.4 is 10.5 Å². The second-order valence-electron chi connectivity index (χ2n) is 8.84. The third kappa shape index (κ3) is 4.79. The predicted octanol–water partition coefficient (Wildman–Crippen LogP) is 6.91. The minimum Gasteiger partial charge on any atom is -0.482 e. The van der Waals surface area contributed by atoms with E-state index in [1.807, 2.05) is 12.1 Å². The number of carbonyl (C=O) groups is 1. The predicted molar refractivity (Wildman–Crippen MR) is 143 cm³/mol. The van der Waals surface area contributed by atoms with E-state index in [0.717, 1.165) is 39.7 Å². The van der Waals surface area contributed by atoms with E-state index in [9.17, 15) is 9.18 Å². The minimum atomic E-state index is -0.678. The second-order valence-corrected chi connectivity index (χ2v) is 9.62. The molecule has 192 valence electrons. The molecule has 0 fully saturated rings. The van der Waals surface area contributed by atoms with E-state index in [1.165, 1.54) is 12.1 Å². The summed E-state index contributed by atoms with van der Waals surface area (Å²) < 4.78 is 25.3. The Morgan fingerprint density at radius 1 is 1.24 bits per heavy atom. The summed E-state index contributed by atoms with van der Waals surface area (Å²) in [5, 5.41) is 1.22. The molecular formula is C27H25Cl2FN4O3. The van der Waals surface area contributed by atoms with Crippen LogP contribution in [0.4, 0.5) is 15.0 Å². The first-order valence-corrected chi connectivity index (χ1v) is 12.6. The number of hydrogen-bond donors (Lipinski definition) is 2. The van der Waals surface area contributed by atoms with E-state index < -0.39 is 11.9 Å². The number of nitrogen functional groups attached to an aromatic ring is 1. The van der Waals surface area contributed by atoms with E-state index >= 15 is 0 Å². The number of aromatic amines is 1. The summed E-state index contributed by atoms with van der Waals surface area (Å²) in [4.78, 5) is 21.8. The van der Waals surface area contributed by atoms with Gasteiger partial charge in [-0.2, -0.15) is 0 Å². The summed E-state index contributed by atoms with van der Waals surface area (Å²) in [5.41, 5.74) is 11.3. The maximum absolute atomic E-state index is 14.0. The third-order valence-electron chi connectivity index (χ3n) is 6.51. The average Bonchev–Trinajstić information content (AvgIpc) is 3.25. The van der Waals surface area contributed by atoms with Gasteiger partial charge in [0.2, 0.25) is 0 Å². The number of aromatic nitrogens is 2. The number of nitrogens with one attached hydrogen (secondary N) is 1. The molecule has 0 radical (unpaired) electrons. The van der Waals surface area contributed by atoms with Crippen molar-refractivity contribution >= 4 is 46.0 Å². The van der Waals surface area contributed by atoms with E-state index in [1.54, 1.807) is 31.0 Å². The molecule has 10 heteroatoms. The van der Waals surface area contributed by atoms with Crippen molar-refractivity contribution in [2.75, 3.05) is 18.9 Å². The first-order chi connectivity index (χ1) is 17.8. The SMILES string of the molecule is CCOC(=O)N1CCc2[nH]c3ccc(-c4cnc(N)c(O[C@H](C)c5c(Cl)ccc(F)c5Cl)c4)cc3c2C1. The quantitative estimate of drug-likeness (QED) is 0.267. The largest absolute Gasteiger partial charge is 0.482 e. The number of rotatable bonds is 5. The molecule has 1 atom stereocenters. The van der Waals surface area contributed by atoms with Gasteiger partial charge < -0.3 is 25.1 Å². The molecule has 1 aliphatic heterocycles. The van der Waals surface area contributed by atoms with E-state index in [2.05, 4.69) is 16.0 Å². The molecule has 0 spiro atoms. The van der Waals surface area contributed by atoms with Crippen LogP contribution in [-0.4, -0.2) is 34.1 Å². The third-order valence-corrected chi connectivity index (χ3v) is 7.22. The van der Waals surface area contributed by atoms with Gasteiger partial charge in [-0.05, 0) is 49.7 Å². The minimum absolute atomic E-state index is 0.0952. The molecular weight excluding hydrogens is 518 g/mol. The van der Waals surface area contributed by atoms with Gasteiger partial charge in [0.15, 0.2) is 11.6 Å². The smallest absolute Gasteiger partial charge is 0.410 e. The molecule has 0 bridgehead atoms. The fraction of sp³-hybridized carbons (Fsp3) is 0.259. The summed E-state index contributed by atoms with van der Waals surface area (Å²) in [6, 6.07) is 10.5. The Morgan fingerprint density at radius 3 is 2.84 bits per heavy atom. The number of nitrogens with two attached hydrogens (primary N) is 1. The topological polar surface area (TPSA) is 93.5 Å². The number of halogens is 3. The highest BCUT2D eigenvalue weighted by molar-refractivity contribution is 6.36. The van der Waals surface area contributed by atoms with Gasteiger partial charge in [0.1, 0.15) is 11.9 Å². The van der Waals surface area contributed by atoms with Crippen molar-refractivity contribution < 1.29 is 18.7 Å². The van der Waals surface area contributed by atoms with Crippen molar-refractivity contribution in [3.63, 3.8) is 0 Å². The molecule has 0 aliphatic carbocycles. The monoisotopic (exact) mass is 542 g/mol. The standard InChI is InChI=1S/C27H25Cl2FN4O3/c1-3-36-27(35)34-9-8-22-18(13-34)17-10-15(4-7-21(17)33-22)16-11-23(26(31)32-12-16)37-14(2)24-19(28)5-6-20(30)25(24)29/h4-7,10-12,14,33H,3,8-9,13H2,1-2H3,(H2,31,32)/t14-/m1/s1. The van der Waals surface area contributed by atoms with Gasteiger partial charge in [-0.25, -0.2) is 14.2 Å². The molecule has 7 nitrogen and oxygen atoms in total. The van der Waals surface area contributed by atoms with E-state index in [0.29, 0.717) is 36.0 Å². The number of hydrogen-bond acceptors (Lipinski definition) is 5. The van der Waals surface area contributed by atoms with Gasteiger partial charge in [-0.15, -0.1) is 0 Å². The number of anilines is 1. The van der Waals surface area contributed by atoms with Crippen LogP contribution in [0.15, 0.2) is 42.6 Å². The van der Waals surface area contributed by atoms with Gasteiger partial charge in [-0.3, -0.25) is 0 Å². The summed E-state index contributed by atoms with van der Waals surface area (Å²) in [7, 11) is 0. The van der Waals surface area contributed by atoms with Crippen molar-refractivity contribution in [1.82, 2.24) is 14.9 Å². The molecule has 0 saturated carbocycles. The van der Waals surface area contributed by atoms with Crippen molar-refractivity contribution in [3.05, 3.63) is 75.3 Å². The maximum Gasteiger partial charge on any atom is 0.410 e. The molecule has 0 saturated heterocycles. The molecule has 0 unspecified atom stereocenters. The number of amides is 1. The normalized spacial score (nSPS) is 13.9. The molecule has 5 rings (SSSR count). The van der Waals surface area contributed by atoms with Crippen LogP contribution in [0.3, 0.4) is 0 Å². The molecule has 3 N–H and O–H groups in total. The van der Waals surface area contributed by atoms with Crippen LogP contribution in [0.2, 0.25) is 10.0 Å². The number of benzene rings is 2. The number of nitrogens with zero attached hydrogens (tertiary/aromatic N) is 2. The van der Waals surface area contributed by atoms with Crippen molar-refractivity contribution in [2.45, 2.75) is 32.9 Å². The Kier molecular flexibility index (Phi) is 6.88. The Labute approximate surface area is 223 Å².